The first kappa shape index (κ1) is 41.4. The molecule has 1 fully saturated rings. The van der Waals surface area contributed by atoms with Crippen LogP contribution in [-0.4, -0.2) is 81.4 Å². The van der Waals surface area contributed by atoms with Crippen LogP contribution >= 0.6 is 11.6 Å². The first-order chi connectivity index (χ1) is 26.1. The van der Waals surface area contributed by atoms with Gasteiger partial charge in [0.1, 0.15) is 17.6 Å². The van der Waals surface area contributed by atoms with E-state index in [0.717, 1.165) is 31.4 Å². The zero-order valence-electron chi connectivity index (χ0n) is 30.0. The predicted octanol–water partition coefficient (Wildman–Crippen LogP) is 6.43. The van der Waals surface area contributed by atoms with Crippen LogP contribution in [0, 0.1) is 5.82 Å². The molecular formula is C38H39ClF4N4O7S. The number of rotatable bonds is 14. The number of nitrogens with zero attached hydrogens (tertiary/aromatic N) is 2. The Morgan fingerprint density at radius 2 is 1.69 bits per heavy atom. The van der Waals surface area contributed by atoms with Crippen LogP contribution < -0.4 is 20.1 Å². The molecule has 1 aliphatic heterocycles. The van der Waals surface area contributed by atoms with Crippen molar-refractivity contribution in [2.45, 2.75) is 61.5 Å². The van der Waals surface area contributed by atoms with Crippen LogP contribution in [-0.2, 0) is 32.4 Å². The van der Waals surface area contributed by atoms with Crippen LogP contribution in [0.15, 0.2) is 90.0 Å². The Kier molecular flexibility index (Phi) is 13.4. The van der Waals surface area contributed by atoms with Crippen molar-refractivity contribution in [2.75, 3.05) is 27.3 Å². The number of piperazine rings is 1. The number of alkyl halides is 3. The lowest BCUT2D eigenvalue weighted by molar-refractivity contribution is -0.274. The van der Waals surface area contributed by atoms with Gasteiger partial charge in [0.05, 0.1) is 19.1 Å². The molecule has 0 radical (unpaired) electrons. The van der Waals surface area contributed by atoms with Crippen molar-refractivity contribution in [1.82, 2.24) is 19.9 Å². The van der Waals surface area contributed by atoms with E-state index in [1.165, 1.54) is 29.7 Å². The Bertz CT molecular complexity index is 2060. The lowest BCUT2D eigenvalue weighted by Crippen LogP contribution is -2.58. The van der Waals surface area contributed by atoms with E-state index in [2.05, 4.69) is 20.4 Å². The van der Waals surface area contributed by atoms with Crippen LogP contribution in [0.3, 0.4) is 0 Å². The van der Waals surface area contributed by atoms with Gasteiger partial charge in [-0.2, -0.15) is 4.31 Å². The maximum Gasteiger partial charge on any atom is 0.573 e. The molecule has 294 valence electrons. The number of hydrogen-bond acceptors (Lipinski definition) is 9. The Morgan fingerprint density at radius 3 is 2.31 bits per heavy atom. The summed E-state index contributed by atoms with van der Waals surface area (Å²) in [6.45, 7) is 2.21. The molecule has 1 aromatic heterocycles. The Labute approximate surface area is 321 Å². The van der Waals surface area contributed by atoms with Gasteiger partial charge in [-0.05, 0) is 84.5 Å². The van der Waals surface area contributed by atoms with Crippen molar-refractivity contribution in [3.05, 3.63) is 118 Å². The molecule has 0 aliphatic carbocycles. The molecule has 1 aliphatic rings. The third-order valence-electron chi connectivity index (χ3n) is 9.25. The summed E-state index contributed by atoms with van der Waals surface area (Å²) in [5, 5.41) is 6.30. The summed E-state index contributed by atoms with van der Waals surface area (Å²) in [5.74, 6) is -2.12. The molecule has 4 aromatic rings. The third-order valence-corrected chi connectivity index (χ3v) is 11.6. The number of carbonyl (C=O) groups excluding carboxylic acids is 2. The van der Waals surface area contributed by atoms with E-state index in [1.54, 1.807) is 49.4 Å². The van der Waals surface area contributed by atoms with Gasteiger partial charge >= 0.3 is 12.5 Å². The molecule has 17 heteroatoms. The average Bonchev–Trinajstić information content (AvgIpc) is 3.14. The summed E-state index contributed by atoms with van der Waals surface area (Å²) in [4.78, 5) is 31.1. The smallest absolute Gasteiger partial charge is 0.481 e. The number of carbonyl (C=O) groups is 2. The fourth-order valence-corrected chi connectivity index (χ4v) is 8.70. The van der Waals surface area contributed by atoms with Gasteiger partial charge in [-0.25, -0.2) is 22.6 Å². The summed E-state index contributed by atoms with van der Waals surface area (Å²) in [6, 6.07) is 15.8. The van der Waals surface area contributed by atoms with Crippen molar-refractivity contribution >= 4 is 33.5 Å². The molecule has 1 amide bonds. The molecule has 0 saturated carbocycles. The number of ketones is 1. The van der Waals surface area contributed by atoms with Gasteiger partial charge < -0.3 is 24.8 Å². The molecular weight excluding hydrogens is 768 g/mol. The highest BCUT2D eigenvalue weighted by Crippen LogP contribution is 2.33. The van der Waals surface area contributed by atoms with Gasteiger partial charge in [0.2, 0.25) is 15.9 Å². The van der Waals surface area contributed by atoms with Gasteiger partial charge in [-0.1, -0.05) is 41.9 Å². The largest absolute Gasteiger partial charge is 0.573 e. The normalized spacial score (nSPS) is 17.5. The summed E-state index contributed by atoms with van der Waals surface area (Å²) >= 11 is 6.17. The highest BCUT2D eigenvalue weighted by atomic mass is 35.5. The van der Waals surface area contributed by atoms with Crippen molar-refractivity contribution in [3.63, 3.8) is 0 Å². The number of sulfonamides is 1. The van der Waals surface area contributed by atoms with Crippen molar-refractivity contribution in [2.24, 2.45) is 0 Å². The fraction of sp³-hybridized carbons (Fsp3) is 0.342. The molecule has 0 bridgehead atoms. The number of nitrogens with one attached hydrogen (secondary N) is 2. The number of ether oxygens (including phenoxy) is 3. The highest BCUT2D eigenvalue weighted by molar-refractivity contribution is 7.89. The first-order valence-corrected chi connectivity index (χ1v) is 18.9. The summed E-state index contributed by atoms with van der Waals surface area (Å²) < 4.78 is 96.8. The quantitative estimate of drug-likeness (QED) is 0.138. The highest BCUT2D eigenvalue weighted by Gasteiger charge is 2.39. The standard InChI is InChI=1S/C38H39ClF4N4O7S/c1-23-20-44-22-28(47(23)55(50,51)30-15-13-29(14-16-30)54-38(41,42)43)12-17-31-25(5-4-6-32(31)40)19-33(48)36(46-37(49)53-3)35(24-7-10-27(39)11-8-24)26-9-18-34(52-2)45-21-26/h4-11,13-16,18,21,23,28,35-36,44H,12,17,19-20,22H2,1-3H3,(H,46,49)/t23-,28-,35-,36+/m0/s1. The number of methoxy groups -OCH3 is 2. The zero-order valence-corrected chi connectivity index (χ0v) is 31.6. The Hall–Kier alpha value is -4.77. The summed E-state index contributed by atoms with van der Waals surface area (Å²) in [5.41, 5.74) is 1.69. The number of halogens is 5. The third kappa shape index (κ3) is 10.3. The number of alkyl carbamates (subject to hydrolysis) is 1. The van der Waals surface area contributed by atoms with E-state index in [-0.39, 0.29) is 36.3 Å². The Morgan fingerprint density at radius 1 is 1.00 bits per heavy atom. The minimum Gasteiger partial charge on any atom is -0.481 e. The zero-order chi connectivity index (χ0) is 39.9. The minimum absolute atomic E-state index is 0.0246. The topological polar surface area (TPSA) is 136 Å². The van der Waals surface area contributed by atoms with Crippen LogP contribution in [0.1, 0.15) is 41.5 Å². The maximum absolute atomic E-state index is 15.7. The van der Waals surface area contributed by atoms with E-state index in [9.17, 15) is 31.2 Å². The first-order valence-electron chi connectivity index (χ1n) is 17.1. The maximum atomic E-state index is 15.7. The van der Waals surface area contributed by atoms with E-state index in [1.807, 2.05) is 0 Å². The number of aromatic nitrogens is 1. The number of benzene rings is 3. The molecule has 11 nitrogen and oxygen atoms in total. The number of Topliss-reactive ketones (excluding diaryl/α,β-unsaturated/α-hetero) is 1. The van der Waals surface area contributed by atoms with Crippen molar-refractivity contribution < 1.29 is 49.8 Å². The van der Waals surface area contributed by atoms with Crippen LogP contribution in [0.4, 0.5) is 22.4 Å². The van der Waals surface area contributed by atoms with Gasteiger partial charge in [-0.15, -0.1) is 13.2 Å². The van der Waals surface area contributed by atoms with E-state index in [4.69, 9.17) is 21.1 Å². The van der Waals surface area contributed by atoms with E-state index >= 15 is 4.39 Å². The van der Waals surface area contributed by atoms with Gasteiger partial charge in [0, 0.05) is 54.8 Å². The molecule has 5 rings (SSSR count). The molecule has 4 atom stereocenters. The minimum atomic E-state index is -4.94. The SMILES string of the molecule is COC(=O)N[C@H](C(=O)Cc1cccc(F)c1CC[C@H]1CNC[C@H](C)N1S(=O)(=O)c1ccc(OC(F)(F)F)cc1)[C@@H](c1ccc(Cl)cc1)c1ccc(OC)nc1. The van der Waals surface area contributed by atoms with E-state index in [0.29, 0.717) is 34.1 Å². The number of amides is 1. The molecule has 2 N–H and O–H groups in total. The molecule has 0 spiro atoms. The molecule has 2 heterocycles. The second-order valence-electron chi connectivity index (χ2n) is 12.9. The van der Waals surface area contributed by atoms with E-state index < -0.39 is 63.9 Å². The second kappa shape index (κ2) is 17.8. The van der Waals surface area contributed by atoms with Crippen molar-refractivity contribution in [3.8, 4) is 11.6 Å². The number of pyridine rings is 1. The van der Waals surface area contributed by atoms with Crippen molar-refractivity contribution in [1.29, 1.82) is 0 Å². The molecule has 55 heavy (non-hydrogen) atoms. The molecule has 0 unspecified atom stereocenters. The van der Waals surface area contributed by atoms with Crippen LogP contribution in [0.25, 0.3) is 0 Å². The lowest BCUT2D eigenvalue weighted by Gasteiger charge is -2.40. The number of hydrogen-bond donors (Lipinski definition) is 2. The van der Waals surface area contributed by atoms with Gasteiger partial charge in [0.15, 0.2) is 5.78 Å². The average molecular weight is 807 g/mol. The fourth-order valence-electron chi connectivity index (χ4n) is 6.73. The predicted molar refractivity (Wildman–Crippen MR) is 195 cm³/mol. The molecule has 1 saturated heterocycles. The van der Waals surface area contributed by atoms with Crippen LogP contribution in [0.2, 0.25) is 5.02 Å². The second-order valence-corrected chi connectivity index (χ2v) is 15.1. The summed E-state index contributed by atoms with van der Waals surface area (Å²) in [7, 11) is -1.60. The Balaban J connectivity index is 1.43. The lowest BCUT2D eigenvalue weighted by atomic mass is 9.82. The molecule has 3 aromatic carbocycles. The monoisotopic (exact) mass is 806 g/mol. The van der Waals surface area contributed by atoms with Crippen LogP contribution in [0.5, 0.6) is 11.6 Å². The van der Waals surface area contributed by atoms with Gasteiger partial charge in [0.25, 0.3) is 0 Å². The summed E-state index contributed by atoms with van der Waals surface area (Å²) in [6.07, 6.45) is -4.46. The van der Waals surface area contributed by atoms with Gasteiger partial charge in [-0.3, -0.25) is 4.79 Å².